The molecule has 0 amide bonds. The van der Waals surface area contributed by atoms with Crippen LogP contribution in [0, 0.1) is 12.8 Å². The normalized spacial score (nSPS) is 19.0. The smallest absolute Gasteiger partial charge is 0.183 e. The van der Waals surface area contributed by atoms with Gasteiger partial charge in [0.05, 0.1) is 5.69 Å². The highest BCUT2D eigenvalue weighted by Gasteiger charge is 2.26. The Hall–Kier alpha value is -0.570. The van der Waals surface area contributed by atoms with Gasteiger partial charge in [-0.1, -0.05) is 13.3 Å². The molecule has 1 unspecified atom stereocenters. The highest BCUT2D eigenvalue weighted by molar-refractivity contribution is 7.13. The standard InChI is InChI=1S/C11H18N2S/c1-3-10(9-5-4-6-9)13-11-12-8(2)7-14-11/h7,9-10H,3-6H2,1-2H3,(H,12,13). The minimum absolute atomic E-state index is 0.648. The van der Waals surface area contributed by atoms with Gasteiger partial charge in [0.2, 0.25) is 0 Å². The van der Waals surface area contributed by atoms with Crippen LogP contribution in [-0.2, 0) is 0 Å². The zero-order chi connectivity index (χ0) is 9.97. The van der Waals surface area contributed by atoms with Crippen LogP contribution in [0.25, 0.3) is 0 Å². The zero-order valence-electron chi connectivity index (χ0n) is 8.92. The summed E-state index contributed by atoms with van der Waals surface area (Å²) in [5, 5.41) is 6.76. The molecule has 1 aromatic heterocycles. The number of hydrogen-bond acceptors (Lipinski definition) is 3. The lowest BCUT2D eigenvalue weighted by atomic mass is 9.79. The number of hydrogen-bond donors (Lipinski definition) is 1. The number of rotatable bonds is 4. The molecule has 2 rings (SSSR count). The number of nitrogens with one attached hydrogen (secondary N) is 1. The third-order valence-electron chi connectivity index (χ3n) is 3.09. The highest BCUT2D eigenvalue weighted by atomic mass is 32.1. The van der Waals surface area contributed by atoms with Gasteiger partial charge in [-0.3, -0.25) is 0 Å². The second kappa shape index (κ2) is 4.30. The molecule has 1 saturated carbocycles. The van der Waals surface area contributed by atoms with E-state index in [9.17, 15) is 0 Å². The molecular weight excluding hydrogens is 192 g/mol. The van der Waals surface area contributed by atoms with E-state index in [1.807, 2.05) is 6.92 Å². The second-order valence-electron chi connectivity index (χ2n) is 4.14. The second-order valence-corrected chi connectivity index (χ2v) is 5.00. The van der Waals surface area contributed by atoms with Crippen LogP contribution < -0.4 is 5.32 Å². The quantitative estimate of drug-likeness (QED) is 0.823. The van der Waals surface area contributed by atoms with Gasteiger partial charge in [0, 0.05) is 11.4 Å². The van der Waals surface area contributed by atoms with Gasteiger partial charge in [0.25, 0.3) is 0 Å². The maximum absolute atomic E-state index is 4.45. The van der Waals surface area contributed by atoms with Crippen LogP contribution in [0.5, 0.6) is 0 Å². The zero-order valence-corrected chi connectivity index (χ0v) is 9.73. The topological polar surface area (TPSA) is 24.9 Å². The SMILES string of the molecule is CCC(Nc1nc(C)cs1)C1CCC1. The van der Waals surface area contributed by atoms with Crippen LogP contribution >= 0.6 is 11.3 Å². The maximum Gasteiger partial charge on any atom is 0.183 e. The third kappa shape index (κ3) is 2.08. The number of aryl methyl sites for hydroxylation is 1. The molecule has 0 radical (unpaired) electrons. The first kappa shape index (κ1) is 9.97. The number of anilines is 1. The third-order valence-corrected chi connectivity index (χ3v) is 3.98. The Kier molecular flexibility index (Phi) is 3.06. The summed E-state index contributed by atoms with van der Waals surface area (Å²) in [4.78, 5) is 4.45. The fourth-order valence-corrected chi connectivity index (χ4v) is 2.73. The Morgan fingerprint density at radius 1 is 1.64 bits per heavy atom. The van der Waals surface area contributed by atoms with Gasteiger partial charge >= 0.3 is 0 Å². The van der Waals surface area contributed by atoms with Crippen molar-refractivity contribution >= 4 is 16.5 Å². The van der Waals surface area contributed by atoms with Crippen molar-refractivity contribution in [2.45, 2.75) is 45.6 Å². The molecule has 0 saturated heterocycles. The molecular formula is C11H18N2S. The van der Waals surface area contributed by atoms with E-state index in [1.54, 1.807) is 11.3 Å². The van der Waals surface area contributed by atoms with Crippen molar-refractivity contribution in [3.8, 4) is 0 Å². The van der Waals surface area contributed by atoms with Crippen molar-refractivity contribution in [2.75, 3.05) is 5.32 Å². The van der Waals surface area contributed by atoms with Crippen molar-refractivity contribution in [1.82, 2.24) is 4.98 Å². The van der Waals surface area contributed by atoms with E-state index in [0.29, 0.717) is 6.04 Å². The van der Waals surface area contributed by atoms with E-state index in [0.717, 1.165) is 16.7 Å². The van der Waals surface area contributed by atoms with Crippen LogP contribution in [0.15, 0.2) is 5.38 Å². The van der Waals surface area contributed by atoms with E-state index >= 15 is 0 Å². The Labute approximate surface area is 89.8 Å². The lowest BCUT2D eigenvalue weighted by molar-refractivity contribution is 0.270. The molecule has 0 aliphatic heterocycles. The van der Waals surface area contributed by atoms with Crippen molar-refractivity contribution < 1.29 is 0 Å². The van der Waals surface area contributed by atoms with E-state index in [2.05, 4.69) is 22.6 Å². The highest BCUT2D eigenvalue weighted by Crippen LogP contribution is 2.33. The molecule has 1 aliphatic rings. The Balaban J connectivity index is 1.93. The minimum atomic E-state index is 0.648. The molecule has 1 atom stereocenters. The minimum Gasteiger partial charge on any atom is -0.359 e. The van der Waals surface area contributed by atoms with Crippen LogP contribution in [0.3, 0.4) is 0 Å². The van der Waals surface area contributed by atoms with Crippen LogP contribution in [0.4, 0.5) is 5.13 Å². The Bertz CT molecular complexity index is 291. The summed E-state index contributed by atoms with van der Waals surface area (Å²) in [6.07, 6.45) is 5.43. The Morgan fingerprint density at radius 3 is 2.86 bits per heavy atom. The molecule has 0 bridgehead atoms. The van der Waals surface area contributed by atoms with E-state index < -0.39 is 0 Å². The van der Waals surface area contributed by atoms with Gasteiger partial charge in [-0.2, -0.15) is 0 Å². The number of aromatic nitrogens is 1. The van der Waals surface area contributed by atoms with Crippen molar-refractivity contribution in [1.29, 1.82) is 0 Å². The lowest BCUT2D eigenvalue weighted by Crippen LogP contribution is -2.32. The summed E-state index contributed by atoms with van der Waals surface area (Å²) in [6, 6.07) is 0.648. The number of nitrogens with zero attached hydrogens (tertiary/aromatic N) is 1. The van der Waals surface area contributed by atoms with Gasteiger partial charge in [0.15, 0.2) is 5.13 Å². The maximum atomic E-state index is 4.45. The number of thiazole rings is 1. The molecule has 1 N–H and O–H groups in total. The monoisotopic (exact) mass is 210 g/mol. The molecule has 1 fully saturated rings. The summed E-state index contributed by atoms with van der Waals surface area (Å²) in [5.41, 5.74) is 1.13. The molecule has 3 heteroatoms. The molecule has 1 aliphatic carbocycles. The summed E-state index contributed by atoms with van der Waals surface area (Å²) >= 11 is 1.72. The first-order chi connectivity index (χ1) is 6.79. The largest absolute Gasteiger partial charge is 0.359 e. The van der Waals surface area contributed by atoms with E-state index in [1.165, 1.54) is 25.7 Å². The fourth-order valence-electron chi connectivity index (χ4n) is 1.97. The molecule has 2 nitrogen and oxygen atoms in total. The summed E-state index contributed by atoms with van der Waals surface area (Å²) in [6.45, 7) is 4.31. The van der Waals surface area contributed by atoms with Gasteiger partial charge in [-0.15, -0.1) is 11.3 Å². The lowest BCUT2D eigenvalue weighted by Gasteiger charge is -2.33. The molecule has 0 aromatic carbocycles. The average molecular weight is 210 g/mol. The molecule has 0 spiro atoms. The molecule has 1 aromatic rings. The van der Waals surface area contributed by atoms with Crippen LogP contribution in [-0.4, -0.2) is 11.0 Å². The fraction of sp³-hybridized carbons (Fsp3) is 0.727. The van der Waals surface area contributed by atoms with Crippen molar-refractivity contribution in [3.05, 3.63) is 11.1 Å². The van der Waals surface area contributed by atoms with E-state index in [4.69, 9.17) is 0 Å². The first-order valence-electron chi connectivity index (χ1n) is 5.48. The summed E-state index contributed by atoms with van der Waals surface area (Å²) in [5.74, 6) is 0.893. The molecule has 1 heterocycles. The predicted octanol–water partition coefficient (Wildman–Crippen LogP) is 3.44. The summed E-state index contributed by atoms with van der Waals surface area (Å²) < 4.78 is 0. The van der Waals surface area contributed by atoms with Gasteiger partial charge in [-0.05, 0) is 32.1 Å². The summed E-state index contributed by atoms with van der Waals surface area (Å²) in [7, 11) is 0. The van der Waals surface area contributed by atoms with Crippen LogP contribution in [0.1, 0.15) is 38.3 Å². The molecule has 78 valence electrons. The average Bonchev–Trinajstić information content (AvgIpc) is 2.47. The van der Waals surface area contributed by atoms with Crippen LogP contribution in [0.2, 0.25) is 0 Å². The molecule has 14 heavy (non-hydrogen) atoms. The van der Waals surface area contributed by atoms with Gasteiger partial charge in [0.1, 0.15) is 0 Å². The van der Waals surface area contributed by atoms with Gasteiger partial charge in [-0.25, -0.2) is 4.98 Å². The van der Waals surface area contributed by atoms with E-state index in [-0.39, 0.29) is 0 Å². The van der Waals surface area contributed by atoms with Crippen molar-refractivity contribution in [2.24, 2.45) is 5.92 Å². The van der Waals surface area contributed by atoms with Gasteiger partial charge < -0.3 is 5.32 Å². The van der Waals surface area contributed by atoms with Crippen molar-refractivity contribution in [3.63, 3.8) is 0 Å². The first-order valence-corrected chi connectivity index (χ1v) is 6.36. The predicted molar refractivity (Wildman–Crippen MR) is 61.9 cm³/mol. The Morgan fingerprint density at radius 2 is 2.43 bits per heavy atom.